The van der Waals surface area contributed by atoms with Crippen molar-refractivity contribution in [2.24, 2.45) is 16.8 Å². The molecule has 2 N–H and O–H groups in total. The predicted molar refractivity (Wildman–Crippen MR) is 127 cm³/mol. The molecule has 3 heterocycles. The minimum absolute atomic E-state index is 0.131. The second kappa shape index (κ2) is 8.51. The number of hydrazone groups is 1. The first-order chi connectivity index (χ1) is 15.9. The van der Waals surface area contributed by atoms with Crippen molar-refractivity contribution in [2.45, 2.75) is 31.7 Å². The number of fused-ring (bicyclic) bond motifs is 1. The van der Waals surface area contributed by atoms with E-state index >= 15 is 0 Å². The zero-order valence-corrected chi connectivity index (χ0v) is 18.7. The summed E-state index contributed by atoms with van der Waals surface area (Å²) >= 11 is 6.02. The molecule has 0 aliphatic carbocycles. The standard InChI is InChI=1S/C24H24ClN5O3/c25-15-4-6-18(7-5-15)30-22-19(21(27-30)23(26)32)12-14-29(24(22)33)17-10-8-16(9-11-17)28-13-2-1-3-20(28)31/h4-11,19,22H,1-3,12-14H2,(H2,26,32). The van der Waals surface area contributed by atoms with Gasteiger partial charge in [0, 0.05) is 41.8 Å². The van der Waals surface area contributed by atoms with Crippen LogP contribution in [-0.4, -0.2) is 42.6 Å². The highest BCUT2D eigenvalue weighted by Crippen LogP contribution is 2.37. The normalized spacial score (nSPS) is 22.9. The van der Waals surface area contributed by atoms with Gasteiger partial charge in [-0.1, -0.05) is 11.6 Å². The van der Waals surface area contributed by atoms with E-state index in [0.717, 1.165) is 24.2 Å². The Balaban J connectivity index is 1.42. The van der Waals surface area contributed by atoms with E-state index in [4.69, 9.17) is 17.3 Å². The van der Waals surface area contributed by atoms with Crippen LogP contribution in [0.5, 0.6) is 0 Å². The lowest BCUT2D eigenvalue weighted by molar-refractivity contribution is -0.121. The van der Waals surface area contributed by atoms with Crippen molar-refractivity contribution >= 4 is 52.1 Å². The van der Waals surface area contributed by atoms with Crippen LogP contribution in [0.2, 0.25) is 5.02 Å². The molecule has 3 aliphatic heterocycles. The third kappa shape index (κ3) is 3.84. The molecule has 9 heteroatoms. The van der Waals surface area contributed by atoms with Crippen LogP contribution in [-0.2, 0) is 14.4 Å². The number of amides is 3. The number of hydrogen-bond acceptors (Lipinski definition) is 5. The van der Waals surface area contributed by atoms with Crippen molar-refractivity contribution < 1.29 is 14.4 Å². The number of piperidine rings is 2. The molecule has 3 amide bonds. The van der Waals surface area contributed by atoms with Gasteiger partial charge in [-0.15, -0.1) is 0 Å². The average Bonchev–Trinajstić information content (AvgIpc) is 3.21. The highest BCUT2D eigenvalue weighted by molar-refractivity contribution is 6.41. The van der Waals surface area contributed by atoms with Gasteiger partial charge < -0.3 is 15.5 Å². The Morgan fingerprint density at radius 1 is 0.909 bits per heavy atom. The Morgan fingerprint density at radius 2 is 1.55 bits per heavy atom. The Morgan fingerprint density at radius 3 is 2.18 bits per heavy atom. The number of anilines is 3. The lowest BCUT2D eigenvalue weighted by Gasteiger charge is -2.37. The fourth-order valence-electron chi connectivity index (χ4n) is 4.87. The number of carbonyl (C=O) groups is 3. The third-order valence-corrected chi connectivity index (χ3v) is 6.79. The number of rotatable bonds is 4. The number of nitrogens with two attached hydrogens (primary N) is 1. The highest BCUT2D eigenvalue weighted by Gasteiger charge is 2.49. The summed E-state index contributed by atoms with van der Waals surface area (Å²) in [6, 6.07) is 13.8. The first-order valence-corrected chi connectivity index (χ1v) is 11.5. The van der Waals surface area contributed by atoms with Crippen LogP contribution >= 0.6 is 11.6 Å². The molecular weight excluding hydrogens is 442 g/mol. The number of benzene rings is 2. The maximum atomic E-state index is 13.6. The Bertz CT molecular complexity index is 1130. The zero-order chi connectivity index (χ0) is 23.1. The lowest BCUT2D eigenvalue weighted by Crippen LogP contribution is -2.55. The molecule has 0 radical (unpaired) electrons. The molecule has 0 aromatic heterocycles. The monoisotopic (exact) mass is 465 g/mol. The molecule has 2 aromatic rings. The van der Waals surface area contributed by atoms with E-state index in [2.05, 4.69) is 5.10 Å². The van der Waals surface area contributed by atoms with Crippen molar-refractivity contribution in [2.75, 3.05) is 27.9 Å². The summed E-state index contributed by atoms with van der Waals surface area (Å²) in [7, 11) is 0. The molecule has 0 spiro atoms. The van der Waals surface area contributed by atoms with Crippen molar-refractivity contribution in [3.05, 3.63) is 53.6 Å². The van der Waals surface area contributed by atoms with Crippen LogP contribution < -0.4 is 20.5 Å². The van der Waals surface area contributed by atoms with Crippen LogP contribution in [0.4, 0.5) is 17.1 Å². The summed E-state index contributed by atoms with van der Waals surface area (Å²) in [5, 5.41) is 6.58. The van der Waals surface area contributed by atoms with Crippen molar-refractivity contribution in [3.63, 3.8) is 0 Å². The molecule has 5 rings (SSSR count). The lowest BCUT2D eigenvalue weighted by atomic mass is 9.87. The van der Waals surface area contributed by atoms with E-state index < -0.39 is 11.9 Å². The Hall–Kier alpha value is -3.39. The van der Waals surface area contributed by atoms with Gasteiger partial charge in [0.2, 0.25) is 5.91 Å². The van der Waals surface area contributed by atoms with Crippen LogP contribution in [0.25, 0.3) is 0 Å². The van der Waals surface area contributed by atoms with E-state index in [1.54, 1.807) is 39.1 Å². The summed E-state index contributed by atoms with van der Waals surface area (Å²) in [6.07, 6.45) is 3.05. The molecule has 0 saturated carbocycles. The topological polar surface area (TPSA) is 99.3 Å². The largest absolute Gasteiger partial charge is 0.364 e. The van der Waals surface area contributed by atoms with Gasteiger partial charge in [0.25, 0.3) is 11.8 Å². The summed E-state index contributed by atoms with van der Waals surface area (Å²) in [6.45, 7) is 1.16. The van der Waals surface area contributed by atoms with Gasteiger partial charge in [-0.05, 0) is 67.8 Å². The smallest absolute Gasteiger partial charge is 0.265 e. The van der Waals surface area contributed by atoms with E-state index in [0.29, 0.717) is 36.6 Å². The minimum Gasteiger partial charge on any atom is -0.364 e. The number of carbonyl (C=O) groups excluding carboxylic acids is 3. The molecule has 2 atom stereocenters. The molecule has 2 fully saturated rings. The number of nitrogens with zero attached hydrogens (tertiary/aromatic N) is 4. The van der Waals surface area contributed by atoms with Crippen LogP contribution in [0.1, 0.15) is 25.7 Å². The Kier molecular flexibility index (Phi) is 5.54. The van der Waals surface area contributed by atoms with Crippen LogP contribution in [0.3, 0.4) is 0 Å². The molecule has 2 saturated heterocycles. The second-order valence-electron chi connectivity index (χ2n) is 8.52. The Labute approximate surface area is 196 Å². The fourth-order valence-corrected chi connectivity index (χ4v) is 5.00. The second-order valence-corrected chi connectivity index (χ2v) is 8.96. The van der Waals surface area contributed by atoms with Crippen molar-refractivity contribution in [1.29, 1.82) is 0 Å². The fraction of sp³-hybridized carbons (Fsp3) is 0.333. The van der Waals surface area contributed by atoms with Gasteiger partial charge in [-0.3, -0.25) is 19.4 Å². The minimum atomic E-state index is -0.661. The van der Waals surface area contributed by atoms with Gasteiger partial charge in [-0.2, -0.15) is 5.10 Å². The zero-order valence-electron chi connectivity index (χ0n) is 18.0. The first kappa shape index (κ1) is 21.5. The van der Waals surface area contributed by atoms with Crippen LogP contribution in [0, 0.1) is 5.92 Å². The molecule has 2 aromatic carbocycles. The first-order valence-electron chi connectivity index (χ1n) is 11.1. The van der Waals surface area contributed by atoms with Crippen LogP contribution in [0.15, 0.2) is 53.6 Å². The molecule has 0 bridgehead atoms. The summed E-state index contributed by atoms with van der Waals surface area (Å²) in [5.41, 5.74) is 8.06. The molecule has 3 aliphatic rings. The molecule has 8 nitrogen and oxygen atoms in total. The van der Waals surface area contributed by atoms with Gasteiger partial charge in [0.05, 0.1) is 5.69 Å². The number of hydrogen-bond donors (Lipinski definition) is 1. The van der Waals surface area contributed by atoms with Crippen molar-refractivity contribution in [3.8, 4) is 0 Å². The maximum Gasteiger partial charge on any atom is 0.265 e. The van der Waals surface area contributed by atoms with E-state index in [1.807, 2.05) is 24.3 Å². The number of primary amides is 1. The molecule has 2 unspecified atom stereocenters. The summed E-state index contributed by atoms with van der Waals surface area (Å²) < 4.78 is 0. The summed E-state index contributed by atoms with van der Waals surface area (Å²) in [4.78, 5) is 41.4. The molecule has 170 valence electrons. The summed E-state index contributed by atoms with van der Waals surface area (Å²) in [5.74, 6) is -1.000. The maximum absolute atomic E-state index is 13.6. The third-order valence-electron chi connectivity index (χ3n) is 6.53. The van der Waals surface area contributed by atoms with Gasteiger partial charge in [0.1, 0.15) is 11.8 Å². The highest BCUT2D eigenvalue weighted by atomic mass is 35.5. The number of halogens is 1. The van der Waals surface area contributed by atoms with Gasteiger partial charge in [0.15, 0.2) is 0 Å². The average molecular weight is 466 g/mol. The molecular formula is C24H24ClN5O3. The van der Waals surface area contributed by atoms with Gasteiger partial charge >= 0.3 is 0 Å². The molecule has 33 heavy (non-hydrogen) atoms. The SMILES string of the molecule is NC(=O)C1=NN(c2ccc(Cl)cc2)C2C(=O)N(c3ccc(N4CCCCC4=O)cc3)CCC12. The van der Waals surface area contributed by atoms with Crippen molar-refractivity contribution in [1.82, 2.24) is 0 Å². The quantitative estimate of drug-likeness (QED) is 0.750. The van der Waals surface area contributed by atoms with E-state index in [-0.39, 0.29) is 23.4 Å². The van der Waals surface area contributed by atoms with Gasteiger partial charge in [-0.25, -0.2) is 0 Å². The predicted octanol–water partition coefficient (Wildman–Crippen LogP) is 2.94. The van der Waals surface area contributed by atoms with E-state index in [1.165, 1.54) is 0 Å². The van der Waals surface area contributed by atoms with E-state index in [9.17, 15) is 14.4 Å².